The number of carboxylic acids is 1. The van der Waals surface area contributed by atoms with Gasteiger partial charge in [-0.3, -0.25) is 0 Å². The van der Waals surface area contributed by atoms with Gasteiger partial charge in [-0.2, -0.15) is 24.1 Å². The van der Waals surface area contributed by atoms with Crippen LogP contribution in [0.25, 0.3) is 6.08 Å². The Morgan fingerprint density at radius 3 is 2.48 bits per heavy atom. The Balaban J connectivity index is 2.09. The topological polar surface area (TPSA) is 46.5 Å². The van der Waals surface area contributed by atoms with E-state index in [1.165, 1.54) is 12.1 Å². The normalized spacial score (nSPS) is 21.0. The van der Waals surface area contributed by atoms with E-state index in [2.05, 4.69) is 0 Å². The van der Waals surface area contributed by atoms with Crippen molar-refractivity contribution in [1.29, 1.82) is 0 Å². The van der Waals surface area contributed by atoms with Crippen molar-refractivity contribution < 1.29 is 27.8 Å². The lowest BCUT2D eigenvalue weighted by Crippen LogP contribution is -2.40. The highest BCUT2D eigenvalue weighted by Gasteiger charge is 2.48. The van der Waals surface area contributed by atoms with Gasteiger partial charge in [0.15, 0.2) is 0 Å². The van der Waals surface area contributed by atoms with Crippen LogP contribution >= 0.6 is 22.5 Å². The van der Waals surface area contributed by atoms with Crippen LogP contribution in [0.15, 0.2) is 45.6 Å². The van der Waals surface area contributed by atoms with Crippen molar-refractivity contribution in [2.75, 3.05) is 0 Å². The number of aliphatic carboxylic acids is 1. The average molecular weight is 363 g/mol. The van der Waals surface area contributed by atoms with Gasteiger partial charge in [-0.25, -0.2) is 4.79 Å². The molecule has 1 unspecified atom stereocenters. The summed E-state index contributed by atoms with van der Waals surface area (Å²) in [6.07, 6.45) is -2.68. The molecule has 0 saturated heterocycles. The molecule has 122 valence electrons. The molecule has 23 heavy (non-hydrogen) atoms. The van der Waals surface area contributed by atoms with Crippen LogP contribution in [0.2, 0.25) is 5.02 Å². The molecule has 0 spiro atoms. The van der Waals surface area contributed by atoms with Crippen molar-refractivity contribution in [1.82, 2.24) is 0 Å². The Morgan fingerprint density at radius 2 is 1.91 bits per heavy atom. The third-order valence-corrected chi connectivity index (χ3v) is 5.70. The molecule has 1 aromatic carbocycles. The first-order valence-corrected chi connectivity index (χ1v) is 8.28. The molecular weight excluding hydrogens is 353 g/mol. The van der Waals surface area contributed by atoms with Crippen LogP contribution in [-0.4, -0.2) is 23.4 Å². The molecule has 0 fully saturated rings. The fourth-order valence-electron chi connectivity index (χ4n) is 2.32. The SMILES string of the molecule is O=C(O)C1=Cc2cc(Cl)c([SH]3C=CC=C3)cc2OC1C(F)(F)F. The van der Waals surface area contributed by atoms with Crippen LogP contribution in [0, 0.1) is 0 Å². The number of alkyl halides is 3. The Hall–Kier alpha value is -1.86. The van der Waals surface area contributed by atoms with Crippen molar-refractivity contribution in [3.8, 4) is 5.75 Å². The molecule has 0 radical (unpaired) electrons. The molecule has 0 aliphatic carbocycles. The highest BCUT2D eigenvalue weighted by molar-refractivity contribution is 8.22. The molecule has 8 heteroatoms. The number of halogens is 4. The van der Waals surface area contributed by atoms with Crippen LogP contribution in [0.4, 0.5) is 13.2 Å². The summed E-state index contributed by atoms with van der Waals surface area (Å²) in [5.74, 6) is -1.70. The lowest BCUT2D eigenvalue weighted by Gasteiger charge is -2.28. The molecule has 0 bridgehead atoms. The van der Waals surface area contributed by atoms with Gasteiger partial charge in [0.25, 0.3) is 0 Å². The highest BCUT2D eigenvalue weighted by Crippen LogP contribution is 2.49. The smallest absolute Gasteiger partial charge is 0.430 e. The van der Waals surface area contributed by atoms with Crippen LogP contribution in [0.3, 0.4) is 0 Å². The highest BCUT2D eigenvalue weighted by atomic mass is 35.5. The van der Waals surface area contributed by atoms with Crippen LogP contribution in [0.5, 0.6) is 5.75 Å². The summed E-state index contributed by atoms with van der Waals surface area (Å²) in [4.78, 5) is 11.8. The zero-order valence-corrected chi connectivity index (χ0v) is 13.0. The van der Waals surface area contributed by atoms with Crippen molar-refractivity contribution in [3.63, 3.8) is 0 Å². The van der Waals surface area contributed by atoms with Gasteiger partial charge in [-0.1, -0.05) is 23.8 Å². The van der Waals surface area contributed by atoms with E-state index in [0.717, 1.165) is 6.08 Å². The van der Waals surface area contributed by atoms with Gasteiger partial charge in [-0.05, 0) is 29.0 Å². The summed E-state index contributed by atoms with van der Waals surface area (Å²) in [5, 5.41) is 13.2. The molecular formula is C15H10ClF3O3S. The van der Waals surface area contributed by atoms with E-state index < -0.39 is 34.7 Å². The second-order valence-electron chi connectivity index (χ2n) is 4.88. The number of rotatable bonds is 2. The van der Waals surface area contributed by atoms with Gasteiger partial charge in [0.2, 0.25) is 6.10 Å². The summed E-state index contributed by atoms with van der Waals surface area (Å²) in [6, 6.07) is 2.89. The number of carbonyl (C=O) groups is 1. The number of hydrogen-bond donors (Lipinski definition) is 2. The predicted octanol–water partition coefficient (Wildman–Crippen LogP) is 4.53. The van der Waals surface area contributed by atoms with E-state index in [1.54, 1.807) is 0 Å². The zero-order valence-electron chi connectivity index (χ0n) is 11.3. The monoisotopic (exact) mass is 362 g/mol. The van der Waals surface area contributed by atoms with Gasteiger partial charge < -0.3 is 9.84 Å². The summed E-state index contributed by atoms with van der Waals surface area (Å²) < 4.78 is 44.1. The molecule has 0 aromatic heterocycles. The molecule has 0 saturated carbocycles. The molecule has 1 aromatic rings. The number of thiol groups is 1. The van der Waals surface area contributed by atoms with E-state index in [0.29, 0.717) is 9.92 Å². The van der Waals surface area contributed by atoms with Crippen LogP contribution in [-0.2, 0) is 4.79 Å². The Kier molecular flexibility index (Phi) is 3.93. The minimum Gasteiger partial charge on any atom is -0.478 e. The first-order valence-electron chi connectivity index (χ1n) is 6.42. The maximum absolute atomic E-state index is 13.1. The maximum Gasteiger partial charge on any atom is 0.430 e. The third kappa shape index (κ3) is 2.98. The van der Waals surface area contributed by atoms with E-state index in [-0.39, 0.29) is 11.3 Å². The minimum absolute atomic E-state index is 0.0204. The third-order valence-electron chi connectivity index (χ3n) is 3.34. The van der Waals surface area contributed by atoms with Crippen molar-refractivity contribution in [3.05, 3.63) is 51.3 Å². The molecule has 2 heterocycles. The van der Waals surface area contributed by atoms with Crippen molar-refractivity contribution >= 4 is 34.5 Å². The van der Waals surface area contributed by atoms with Gasteiger partial charge in [-0.15, -0.1) is 0 Å². The number of ether oxygens (including phenoxy) is 1. The fraction of sp³-hybridized carbons (Fsp3) is 0.133. The van der Waals surface area contributed by atoms with Crippen LogP contribution < -0.4 is 4.74 Å². The number of carboxylic acid groups (broad SMARTS) is 1. The molecule has 1 N–H and O–H groups in total. The zero-order chi connectivity index (χ0) is 16.8. The molecule has 2 aliphatic rings. The van der Waals surface area contributed by atoms with Gasteiger partial charge in [0.05, 0.1) is 10.6 Å². The molecule has 3 nitrogen and oxygen atoms in total. The first kappa shape index (κ1) is 16.0. The lowest BCUT2D eigenvalue weighted by atomic mass is 10.0. The molecule has 0 amide bonds. The van der Waals surface area contributed by atoms with Crippen molar-refractivity contribution in [2.45, 2.75) is 17.2 Å². The average Bonchev–Trinajstić information content (AvgIpc) is 2.98. The first-order chi connectivity index (χ1) is 10.8. The number of benzene rings is 1. The van der Waals surface area contributed by atoms with Gasteiger partial charge in [0, 0.05) is 10.5 Å². The standard InChI is InChI=1S/C15H10ClF3O3S/c16-10-6-8-5-9(14(20)21)13(15(17,18)19)22-11(8)7-12(10)23-3-1-2-4-23/h1-7,13,23H,(H,20,21). The quantitative estimate of drug-likeness (QED) is 0.760. The number of hydrogen-bond acceptors (Lipinski definition) is 2. The number of fused-ring (bicyclic) bond motifs is 1. The predicted molar refractivity (Wildman–Crippen MR) is 83.1 cm³/mol. The molecule has 2 aliphatic heterocycles. The van der Waals surface area contributed by atoms with Crippen LogP contribution in [0.1, 0.15) is 5.56 Å². The Morgan fingerprint density at radius 1 is 1.26 bits per heavy atom. The van der Waals surface area contributed by atoms with Gasteiger partial charge >= 0.3 is 12.1 Å². The fourth-order valence-corrected chi connectivity index (χ4v) is 4.35. The Bertz CT molecular complexity index is 756. The summed E-state index contributed by atoms with van der Waals surface area (Å²) in [6.45, 7) is 0. The second-order valence-corrected chi connectivity index (χ2v) is 7.18. The van der Waals surface area contributed by atoms with E-state index in [9.17, 15) is 18.0 Å². The minimum atomic E-state index is -4.82. The van der Waals surface area contributed by atoms with Crippen molar-refractivity contribution in [2.24, 2.45) is 0 Å². The summed E-state index contributed by atoms with van der Waals surface area (Å²) in [7, 11) is -0.833. The summed E-state index contributed by atoms with van der Waals surface area (Å²) in [5.41, 5.74) is -0.640. The second kappa shape index (κ2) is 5.65. The molecule has 1 atom stereocenters. The van der Waals surface area contributed by atoms with E-state index in [4.69, 9.17) is 21.4 Å². The molecule has 3 rings (SSSR count). The largest absolute Gasteiger partial charge is 0.478 e. The maximum atomic E-state index is 13.1. The lowest BCUT2D eigenvalue weighted by molar-refractivity contribution is -0.187. The summed E-state index contributed by atoms with van der Waals surface area (Å²) >= 11 is 6.19. The van der Waals surface area contributed by atoms with E-state index >= 15 is 0 Å². The van der Waals surface area contributed by atoms with Gasteiger partial charge in [0.1, 0.15) is 5.75 Å². The number of allylic oxidation sites excluding steroid dienone is 2. The van der Waals surface area contributed by atoms with E-state index in [1.807, 2.05) is 23.0 Å². The Labute approximate surface area is 137 Å².